The average Bonchev–Trinajstić information content (AvgIpc) is 2.50. The molecule has 0 atom stereocenters. The summed E-state index contributed by atoms with van der Waals surface area (Å²) in [6.07, 6.45) is 0. The van der Waals surface area contributed by atoms with Crippen molar-refractivity contribution in [3.8, 4) is 0 Å². The first-order valence-corrected chi connectivity index (χ1v) is 4.85. The summed E-state index contributed by atoms with van der Waals surface area (Å²) in [5.74, 6) is -0.129. The Morgan fingerprint density at radius 3 is 2.81 bits per heavy atom. The molecule has 16 heavy (non-hydrogen) atoms. The standard InChI is InChI=1S/C10H10FN3O2/c1-3-13-6(2)12-8-4-7(11)9(14(15)16)5-10(8)13/h4-5H,3H2,1-2H3. The van der Waals surface area contributed by atoms with Crippen LogP contribution in [-0.4, -0.2) is 14.5 Å². The first-order valence-electron chi connectivity index (χ1n) is 4.85. The number of nitrogens with zero attached hydrogens (tertiary/aromatic N) is 3. The van der Waals surface area contributed by atoms with Crippen molar-refractivity contribution in [3.05, 3.63) is 33.9 Å². The molecule has 0 radical (unpaired) electrons. The van der Waals surface area contributed by atoms with Gasteiger partial charge < -0.3 is 4.57 Å². The lowest BCUT2D eigenvalue weighted by Gasteiger charge is -2.01. The van der Waals surface area contributed by atoms with Crippen LogP contribution in [0.4, 0.5) is 10.1 Å². The van der Waals surface area contributed by atoms with Gasteiger partial charge in [-0.1, -0.05) is 0 Å². The molecule has 1 aromatic heterocycles. The van der Waals surface area contributed by atoms with Gasteiger partial charge in [0.05, 0.1) is 16.0 Å². The summed E-state index contributed by atoms with van der Waals surface area (Å²) in [4.78, 5) is 14.0. The molecule has 0 N–H and O–H groups in total. The minimum Gasteiger partial charge on any atom is -0.328 e. The number of aryl methyl sites for hydroxylation is 2. The largest absolute Gasteiger partial charge is 0.328 e. The smallest absolute Gasteiger partial charge is 0.307 e. The van der Waals surface area contributed by atoms with Crippen LogP contribution in [0.5, 0.6) is 0 Å². The molecule has 1 aromatic carbocycles. The van der Waals surface area contributed by atoms with Crippen molar-refractivity contribution in [1.82, 2.24) is 9.55 Å². The third-order valence-corrected chi connectivity index (χ3v) is 2.52. The molecule has 84 valence electrons. The van der Waals surface area contributed by atoms with Gasteiger partial charge in [0.25, 0.3) is 0 Å². The molecule has 0 aliphatic heterocycles. The van der Waals surface area contributed by atoms with Crippen molar-refractivity contribution >= 4 is 16.7 Å². The third-order valence-electron chi connectivity index (χ3n) is 2.52. The van der Waals surface area contributed by atoms with Gasteiger partial charge in [-0.05, 0) is 13.8 Å². The van der Waals surface area contributed by atoms with Crippen molar-refractivity contribution in [2.24, 2.45) is 0 Å². The van der Waals surface area contributed by atoms with E-state index in [1.807, 2.05) is 11.5 Å². The Morgan fingerprint density at radius 2 is 2.25 bits per heavy atom. The number of rotatable bonds is 2. The molecule has 0 aliphatic carbocycles. The Balaban J connectivity index is 2.80. The molecule has 0 fully saturated rings. The highest BCUT2D eigenvalue weighted by Crippen LogP contribution is 2.25. The Morgan fingerprint density at radius 1 is 1.56 bits per heavy atom. The third kappa shape index (κ3) is 1.42. The number of hydrogen-bond donors (Lipinski definition) is 0. The van der Waals surface area contributed by atoms with Crippen LogP contribution >= 0.6 is 0 Å². The van der Waals surface area contributed by atoms with Gasteiger partial charge in [-0.15, -0.1) is 0 Å². The van der Waals surface area contributed by atoms with Crippen molar-refractivity contribution in [2.45, 2.75) is 20.4 Å². The first kappa shape index (κ1) is 10.5. The van der Waals surface area contributed by atoms with Crippen LogP contribution < -0.4 is 0 Å². The summed E-state index contributed by atoms with van der Waals surface area (Å²) in [6, 6.07) is 2.33. The molecule has 2 rings (SSSR count). The molecule has 1 heterocycles. The van der Waals surface area contributed by atoms with Crippen LogP contribution in [0.15, 0.2) is 12.1 Å². The van der Waals surface area contributed by atoms with Crippen molar-refractivity contribution in [3.63, 3.8) is 0 Å². The van der Waals surface area contributed by atoms with Gasteiger partial charge in [-0.2, -0.15) is 4.39 Å². The summed E-state index contributed by atoms with van der Waals surface area (Å²) in [7, 11) is 0. The summed E-state index contributed by atoms with van der Waals surface area (Å²) in [6.45, 7) is 4.33. The van der Waals surface area contributed by atoms with Crippen LogP contribution in [0, 0.1) is 22.9 Å². The predicted octanol–water partition coefficient (Wildman–Crippen LogP) is 2.41. The van der Waals surface area contributed by atoms with Crippen LogP contribution in [-0.2, 0) is 6.54 Å². The normalized spacial score (nSPS) is 10.9. The first-order chi connectivity index (χ1) is 7.54. The Kier molecular flexibility index (Phi) is 2.34. The van der Waals surface area contributed by atoms with Gasteiger partial charge in [0.15, 0.2) is 0 Å². The minimum atomic E-state index is -0.849. The van der Waals surface area contributed by atoms with E-state index in [1.54, 1.807) is 6.92 Å². The number of aromatic nitrogens is 2. The summed E-state index contributed by atoms with van der Waals surface area (Å²) in [5, 5.41) is 10.6. The molecule has 0 aliphatic rings. The number of imidazole rings is 1. The lowest BCUT2D eigenvalue weighted by atomic mass is 10.2. The Hall–Kier alpha value is -1.98. The highest BCUT2D eigenvalue weighted by molar-refractivity contribution is 5.79. The SMILES string of the molecule is CCn1c(C)nc2cc(F)c([N+](=O)[O-])cc21. The lowest BCUT2D eigenvalue weighted by molar-refractivity contribution is -0.387. The maximum absolute atomic E-state index is 13.3. The second-order valence-corrected chi connectivity index (χ2v) is 3.45. The van der Waals surface area contributed by atoms with E-state index in [1.165, 1.54) is 6.07 Å². The number of nitro benzene ring substituents is 1. The molecule has 6 heteroatoms. The molecular weight excluding hydrogens is 213 g/mol. The Bertz CT molecular complexity index is 577. The number of hydrogen-bond acceptors (Lipinski definition) is 3. The lowest BCUT2D eigenvalue weighted by Crippen LogP contribution is -1.98. The zero-order valence-electron chi connectivity index (χ0n) is 8.90. The van der Waals surface area contributed by atoms with E-state index in [9.17, 15) is 14.5 Å². The van der Waals surface area contributed by atoms with E-state index < -0.39 is 16.4 Å². The fraction of sp³-hybridized carbons (Fsp3) is 0.300. The van der Waals surface area contributed by atoms with Crippen molar-refractivity contribution in [1.29, 1.82) is 0 Å². The van der Waals surface area contributed by atoms with Crippen LogP contribution in [0.2, 0.25) is 0 Å². The summed E-state index contributed by atoms with van der Waals surface area (Å²) < 4.78 is 15.1. The van der Waals surface area contributed by atoms with E-state index in [-0.39, 0.29) is 0 Å². The van der Waals surface area contributed by atoms with Gasteiger partial charge >= 0.3 is 5.69 Å². The molecule has 0 unspecified atom stereocenters. The van der Waals surface area contributed by atoms with E-state index in [4.69, 9.17) is 0 Å². The zero-order valence-corrected chi connectivity index (χ0v) is 8.90. The maximum atomic E-state index is 13.3. The van der Waals surface area contributed by atoms with Gasteiger partial charge in [0.2, 0.25) is 5.82 Å². The maximum Gasteiger partial charge on any atom is 0.307 e. The highest BCUT2D eigenvalue weighted by Gasteiger charge is 2.18. The average molecular weight is 223 g/mol. The molecule has 2 aromatic rings. The number of nitro groups is 1. The Labute approximate surface area is 90.7 Å². The van der Waals surface area contributed by atoms with Crippen LogP contribution in [0.1, 0.15) is 12.7 Å². The van der Waals surface area contributed by atoms with Crippen LogP contribution in [0.25, 0.3) is 11.0 Å². The van der Waals surface area contributed by atoms with Crippen molar-refractivity contribution in [2.75, 3.05) is 0 Å². The van der Waals surface area contributed by atoms with Crippen LogP contribution in [0.3, 0.4) is 0 Å². The van der Waals surface area contributed by atoms with Gasteiger partial charge in [0, 0.05) is 18.7 Å². The second-order valence-electron chi connectivity index (χ2n) is 3.45. The second kappa shape index (κ2) is 3.55. The fourth-order valence-electron chi connectivity index (χ4n) is 1.79. The molecule has 0 spiro atoms. The molecule has 5 nitrogen and oxygen atoms in total. The van der Waals surface area contributed by atoms with Gasteiger partial charge in [-0.25, -0.2) is 4.98 Å². The number of benzene rings is 1. The summed E-state index contributed by atoms with van der Waals surface area (Å²) in [5.41, 5.74) is 0.526. The molecule has 0 bridgehead atoms. The van der Waals surface area contributed by atoms with E-state index in [0.29, 0.717) is 17.6 Å². The molecule has 0 amide bonds. The fourth-order valence-corrected chi connectivity index (χ4v) is 1.79. The monoisotopic (exact) mass is 223 g/mol. The molecular formula is C10H10FN3O2. The van der Waals surface area contributed by atoms with E-state index in [2.05, 4.69) is 4.98 Å². The zero-order chi connectivity index (χ0) is 11.9. The van der Waals surface area contributed by atoms with Gasteiger partial charge in [-0.3, -0.25) is 10.1 Å². The highest BCUT2D eigenvalue weighted by atomic mass is 19.1. The van der Waals surface area contributed by atoms with E-state index >= 15 is 0 Å². The number of halogens is 1. The summed E-state index contributed by atoms with van der Waals surface area (Å²) >= 11 is 0. The molecule has 0 saturated carbocycles. The topological polar surface area (TPSA) is 61.0 Å². The van der Waals surface area contributed by atoms with E-state index in [0.717, 1.165) is 11.9 Å². The van der Waals surface area contributed by atoms with Gasteiger partial charge in [0.1, 0.15) is 5.82 Å². The number of fused-ring (bicyclic) bond motifs is 1. The molecule has 0 saturated heterocycles. The van der Waals surface area contributed by atoms with Crippen molar-refractivity contribution < 1.29 is 9.31 Å². The quantitative estimate of drug-likeness (QED) is 0.580. The predicted molar refractivity (Wildman–Crippen MR) is 56.8 cm³/mol. The minimum absolute atomic E-state index is 0.447.